The molecule has 3 heterocycles. The smallest absolute Gasteiger partial charge is 0.335 e. The number of hydrogen-bond acceptors (Lipinski definition) is 13. The lowest BCUT2D eigenvalue weighted by Gasteiger charge is -2.62. The van der Waals surface area contributed by atoms with Crippen molar-refractivity contribution in [3.63, 3.8) is 0 Å². The number of aliphatic hydroxyl groups excluding tert-OH is 6. The maximum Gasteiger partial charge on any atom is 0.335 e. The Hall–Kier alpha value is -1.75. The predicted octanol–water partition coefficient (Wildman–Crippen LogP) is 0.838. The zero-order valence-corrected chi connectivity index (χ0v) is 28.3. The van der Waals surface area contributed by atoms with Crippen LogP contribution in [0.2, 0.25) is 0 Å². The fraction of sp³-hybridized carbons (Fsp3) is 0.806. The summed E-state index contributed by atoms with van der Waals surface area (Å²) in [6.45, 7) is 5.41. The summed E-state index contributed by atoms with van der Waals surface area (Å²) in [7, 11) is 0. The van der Waals surface area contributed by atoms with E-state index in [4.69, 9.17) is 23.4 Å². The second-order valence-electron chi connectivity index (χ2n) is 15.9. The Balaban J connectivity index is 1.06. The Labute approximate surface area is 285 Å². The highest BCUT2D eigenvalue weighted by atomic mass is 16.7. The summed E-state index contributed by atoms with van der Waals surface area (Å²) < 4.78 is 28.7. The molecule has 4 aliphatic carbocycles. The van der Waals surface area contributed by atoms with Gasteiger partial charge in [0.1, 0.15) is 42.7 Å². The second-order valence-corrected chi connectivity index (χ2v) is 15.9. The first-order valence-corrected chi connectivity index (χ1v) is 17.9. The van der Waals surface area contributed by atoms with Crippen molar-refractivity contribution in [3.05, 3.63) is 46.0 Å². The Morgan fingerprint density at radius 1 is 0.837 bits per heavy atom. The van der Waals surface area contributed by atoms with Crippen molar-refractivity contribution in [2.24, 2.45) is 22.7 Å². The van der Waals surface area contributed by atoms with Gasteiger partial charge in [-0.1, -0.05) is 25.5 Å². The third-order valence-electron chi connectivity index (χ3n) is 13.6. The maximum atomic E-state index is 12.5. The number of aliphatic hydroxyl groups is 7. The van der Waals surface area contributed by atoms with E-state index in [-0.39, 0.29) is 34.2 Å². The summed E-state index contributed by atoms with van der Waals surface area (Å²) >= 11 is 0. The van der Waals surface area contributed by atoms with Crippen molar-refractivity contribution in [1.29, 1.82) is 0 Å². The molecule has 2 aliphatic heterocycles. The molecule has 0 radical (unpaired) electrons. The minimum Gasteiger partial charge on any atom is -0.431 e. The zero-order valence-electron chi connectivity index (χ0n) is 28.3. The Morgan fingerprint density at radius 2 is 1.59 bits per heavy atom. The first-order valence-electron chi connectivity index (χ1n) is 17.9. The van der Waals surface area contributed by atoms with Crippen molar-refractivity contribution in [1.82, 2.24) is 0 Å². The van der Waals surface area contributed by atoms with Crippen LogP contribution in [0.5, 0.6) is 0 Å². The molecule has 0 spiro atoms. The van der Waals surface area contributed by atoms with E-state index in [1.807, 2.05) is 6.07 Å². The van der Waals surface area contributed by atoms with Gasteiger partial charge in [-0.05, 0) is 93.1 Å². The van der Waals surface area contributed by atoms with Gasteiger partial charge in [-0.15, -0.1) is 0 Å². The Morgan fingerprint density at radius 3 is 2.31 bits per heavy atom. The number of allylic oxidation sites excluding steroid dienone is 1. The molecule has 0 aromatic carbocycles. The van der Waals surface area contributed by atoms with Crippen LogP contribution in [-0.4, -0.2) is 115 Å². The number of fused-ring (bicyclic) bond motifs is 5. The third-order valence-corrected chi connectivity index (χ3v) is 13.6. The number of hydrogen-bond donors (Lipinski definition) is 7. The van der Waals surface area contributed by atoms with E-state index >= 15 is 0 Å². The van der Waals surface area contributed by atoms with E-state index in [0.717, 1.165) is 44.1 Å². The highest BCUT2D eigenvalue weighted by Gasteiger charge is 2.67. The number of rotatable bonds is 6. The molecule has 274 valence electrons. The van der Waals surface area contributed by atoms with Gasteiger partial charge in [0.2, 0.25) is 0 Å². The summed E-state index contributed by atoms with van der Waals surface area (Å²) in [5, 5.41) is 75.5. The van der Waals surface area contributed by atoms with Crippen molar-refractivity contribution in [2.45, 2.75) is 151 Å². The molecule has 17 atom stereocenters. The molecule has 5 fully saturated rings. The summed E-state index contributed by atoms with van der Waals surface area (Å²) in [6.07, 6.45) is -4.13. The van der Waals surface area contributed by atoms with Crippen LogP contribution in [0, 0.1) is 22.7 Å². The van der Waals surface area contributed by atoms with Crippen LogP contribution < -0.4 is 5.63 Å². The molecule has 1 aromatic heterocycles. The lowest BCUT2D eigenvalue weighted by Crippen LogP contribution is -2.64. The first-order chi connectivity index (χ1) is 23.2. The van der Waals surface area contributed by atoms with E-state index in [1.54, 1.807) is 6.26 Å². The minimum absolute atomic E-state index is 0.112. The van der Waals surface area contributed by atoms with Gasteiger partial charge in [0.25, 0.3) is 0 Å². The van der Waals surface area contributed by atoms with E-state index in [9.17, 15) is 40.5 Å². The molecule has 2 saturated heterocycles. The molecule has 4 unspecified atom stereocenters. The van der Waals surface area contributed by atoms with Gasteiger partial charge in [-0.2, -0.15) is 0 Å². The second kappa shape index (κ2) is 13.0. The predicted molar refractivity (Wildman–Crippen MR) is 171 cm³/mol. The van der Waals surface area contributed by atoms with E-state index in [1.165, 1.54) is 18.6 Å². The molecule has 3 saturated carbocycles. The van der Waals surface area contributed by atoms with Crippen LogP contribution in [0.1, 0.15) is 83.6 Å². The van der Waals surface area contributed by atoms with Gasteiger partial charge in [-0.3, -0.25) is 0 Å². The summed E-state index contributed by atoms with van der Waals surface area (Å²) in [5.41, 5.74) is 0.542. The standard InChI is InChI=1S/C36H52O13/c1-17-26(39)28(41)29(42)32(46-17)49-31-27(40)24(15-37)48-33(30(31)43)47-20-8-11-34(2)19(14-20)5-6-23-22(34)9-12-35(3)21(10-13-36(23,35)44)18-4-7-25(38)45-16-18/h4,7,14,16-17,20-24,26-33,37,39-44H,5-6,8-13,15H2,1-3H3/t17?,20-,21+,22-,23+,24?,26-,27-,28?,29-,30-,31?,32-,33+,34-,35+,36-/m0/s1. The molecule has 0 bridgehead atoms. The van der Waals surface area contributed by atoms with Gasteiger partial charge in [0.05, 0.1) is 30.7 Å². The SMILES string of the molecule is CC1O[C@@H](OC2[C@@H](O)C(CO)O[C@@H](O[C@@H]3C=C4CC[C@@H]5[C@H](CC[C@]6(C)[C@@H](c7ccc(=O)oc7)CC[C@]56O)[C@@]4(C)CC3)[C@H]2O)[C@@H](O)C(O)[C@H]1O. The minimum atomic E-state index is -1.65. The lowest BCUT2D eigenvalue weighted by atomic mass is 9.45. The largest absolute Gasteiger partial charge is 0.431 e. The summed E-state index contributed by atoms with van der Waals surface area (Å²) in [5.74, 6) is 0.514. The average Bonchev–Trinajstić information content (AvgIpc) is 3.36. The highest BCUT2D eigenvalue weighted by molar-refractivity contribution is 5.31. The molecular weight excluding hydrogens is 640 g/mol. The van der Waals surface area contributed by atoms with Gasteiger partial charge < -0.3 is 59.1 Å². The molecule has 0 amide bonds. The van der Waals surface area contributed by atoms with Crippen LogP contribution in [0.4, 0.5) is 0 Å². The van der Waals surface area contributed by atoms with Crippen LogP contribution >= 0.6 is 0 Å². The van der Waals surface area contributed by atoms with Crippen molar-refractivity contribution in [3.8, 4) is 0 Å². The van der Waals surface area contributed by atoms with Crippen molar-refractivity contribution < 1.29 is 59.1 Å². The van der Waals surface area contributed by atoms with Crippen LogP contribution in [0.3, 0.4) is 0 Å². The zero-order chi connectivity index (χ0) is 35.0. The quantitative estimate of drug-likeness (QED) is 0.207. The highest BCUT2D eigenvalue weighted by Crippen LogP contribution is 2.70. The van der Waals surface area contributed by atoms with E-state index < -0.39 is 79.7 Å². The number of ether oxygens (including phenoxy) is 4. The average molecular weight is 693 g/mol. The van der Waals surface area contributed by atoms with Crippen LogP contribution in [0.25, 0.3) is 0 Å². The van der Waals surface area contributed by atoms with Crippen LogP contribution in [0.15, 0.2) is 39.3 Å². The van der Waals surface area contributed by atoms with Crippen LogP contribution in [-0.2, 0) is 18.9 Å². The molecule has 49 heavy (non-hydrogen) atoms. The lowest BCUT2D eigenvalue weighted by molar-refractivity contribution is -0.360. The summed E-state index contributed by atoms with van der Waals surface area (Å²) in [4.78, 5) is 11.6. The van der Waals surface area contributed by atoms with E-state index in [0.29, 0.717) is 12.8 Å². The van der Waals surface area contributed by atoms with Gasteiger partial charge >= 0.3 is 5.63 Å². The summed E-state index contributed by atoms with van der Waals surface area (Å²) in [6, 6.07) is 3.31. The molecule has 6 aliphatic rings. The Kier molecular flexibility index (Phi) is 9.48. The van der Waals surface area contributed by atoms with E-state index in [2.05, 4.69) is 19.9 Å². The molecule has 1 aromatic rings. The van der Waals surface area contributed by atoms with Crippen molar-refractivity contribution in [2.75, 3.05) is 6.61 Å². The molecule has 7 N–H and O–H groups in total. The van der Waals surface area contributed by atoms with Gasteiger partial charge in [0, 0.05) is 11.5 Å². The Bertz CT molecular complexity index is 1430. The molecule has 13 heteroatoms. The fourth-order valence-electron chi connectivity index (χ4n) is 10.7. The normalized spacial score (nSPS) is 51.3. The first kappa shape index (κ1) is 35.6. The van der Waals surface area contributed by atoms with Gasteiger partial charge in [-0.25, -0.2) is 4.79 Å². The van der Waals surface area contributed by atoms with Crippen molar-refractivity contribution >= 4 is 0 Å². The molecule has 13 nitrogen and oxygen atoms in total. The fourth-order valence-corrected chi connectivity index (χ4v) is 10.7. The van der Waals surface area contributed by atoms with Gasteiger partial charge in [0.15, 0.2) is 12.6 Å². The molecular formula is C36H52O13. The topological polar surface area (TPSA) is 209 Å². The molecule has 7 rings (SSSR count). The maximum absolute atomic E-state index is 12.5. The third kappa shape index (κ3) is 5.68. The monoisotopic (exact) mass is 692 g/mol.